The van der Waals surface area contributed by atoms with Gasteiger partial charge in [-0.25, -0.2) is 13.6 Å². The monoisotopic (exact) mass is 172 g/mol. The summed E-state index contributed by atoms with van der Waals surface area (Å²) in [6.07, 6.45) is 0. The van der Waals surface area contributed by atoms with Crippen LogP contribution in [0.2, 0.25) is 0 Å². The molecule has 0 aliphatic heterocycles. The molecule has 1 aromatic carbocycles. The van der Waals surface area contributed by atoms with Gasteiger partial charge in [0, 0.05) is 5.56 Å². The summed E-state index contributed by atoms with van der Waals surface area (Å²) in [6, 6.07) is 1.84. The van der Waals surface area contributed by atoms with Crippen molar-refractivity contribution < 1.29 is 18.7 Å². The Labute approximate surface area is 67.4 Å². The molecular weight excluding hydrogens is 166 g/mol. The first kappa shape index (κ1) is 8.64. The van der Waals surface area contributed by atoms with Crippen molar-refractivity contribution in [1.29, 1.82) is 0 Å². The predicted molar refractivity (Wildman–Crippen MR) is 38.1 cm³/mol. The molecule has 0 aromatic heterocycles. The van der Waals surface area contributed by atoms with Crippen LogP contribution in [0.4, 0.5) is 8.78 Å². The smallest absolute Gasteiger partial charge is 0.338 e. The number of hydrogen-bond acceptors (Lipinski definition) is 1. The Hall–Kier alpha value is -1.45. The lowest BCUT2D eigenvalue weighted by molar-refractivity contribution is 0.0691. The number of carboxylic acids is 1. The second-order valence-corrected chi connectivity index (χ2v) is 2.34. The van der Waals surface area contributed by atoms with Gasteiger partial charge in [-0.05, 0) is 19.1 Å². The molecule has 0 bridgehead atoms. The van der Waals surface area contributed by atoms with E-state index in [4.69, 9.17) is 5.11 Å². The molecule has 0 spiro atoms. The zero-order valence-electron chi connectivity index (χ0n) is 6.27. The first-order valence-electron chi connectivity index (χ1n) is 3.22. The average Bonchev–Trinajstić information content (AvgIpc) is 2.00. The second-order valence-electron chi connectivity index (χ2n) is 2.34. The fourth-order valence-corrected chi connectivity index (χ4v) is 0.827. The van der Waals surface area contributed by atoms with Crippen molar-refractivity contribution in [3.8, 4) is 0 Å². The van der Waals surface area contributed by atoms with Gasteiger partial charge in [0.05, 0.1) is 5.56 Å². The summed E-state index contributed by atoms with van der Waals surface area (Å²) in [6.45, 7) is 1.19. The fraction of sp³-hybridized carbons (Fsp3) is 0.125. The quantitative estimate of drug-likeness (QED) is 0.703. The van der Waals surface area contributed by atoms with Crippen molar-refractivity contribution in [2.24, 2.45) is 0 Å². The van der Waals surface area contributed by atoms with Gasteiger partial charge in [0.15, 0.2) is 0 Å². The molecular formula is C8H6F2O2. The van der Waals surface area contributed by atoms with Gasteiger partial charge in [0.25, 0.3) is 0 Å². The third-order valence-corrected chi connectivity index (χ3v) is 1.55. The summed E-state index contributed by atoms with van der Waals surface area (Å²) < 4.78 is 25.5. The number of rotatable bonds is 1. The topological polar surface area (TPSA) is 37.3 Å². The third-order valence-electron chi connectivity index (χ3n) is 1.55. The highest BCUT2D eigenvalue weighted by atomic mass is 19.1. The Morgan fingerprint density at radius 2 is 2.00 bits per heavy atom. The molecule has 64 valence electrons. The van der Waals surface area contributed by atoms with E-state index < -0.39 is 23.2 Å². The zero-order chi connectivity index (χ0) is 9.30. The normalized spacial score (nSPS) is 9.92. The van der Waals surface area contributed by atoms with Gasteiger partial charge < -0.3 is 5.11 Å². The molecule has 1 rings (SSSR count). The van der Waals surface area contributed by atoms with E-state index in [0.29, 0.717) is 0 Å². The first-order chi connectivity index (χ1) is 5.54. The van der Waals surface area contributed by atoms with E-state index >= 15 is 0 Å². The summed E-state index contributed by atoms with van der Waals surface area (Å²) in [5, 5.41) is 8.42. The molecule has 0 unspecified atom stereocenters. The van der Waals surface area contributed by atoms with Crippen molar-refractivity contribution >= 4 is 5.97 Å². The maximum Gasteiger partial charge on any atom is 0.338 e. The largest absolute Gasteiger partial charge is 0.478 e. The SMILES string of the molecule is Cc1c(F)ccc(C(=O)O)c1F. The summed E-state index contributed by atoms with van der Waals surface area (Å²) in [7, 11) is 0. The molecule has 0 aliphatic carbocycles. The number of carboxylic acid groups (broad SMARTS) is 1. The summed E-state index contributed by atoms with van der Waals surface area (Å²) in [5.74, 6) is -3.14. The van der Waals surface area contributed by atoms with Crippen molar-refractivity contribution in [1.82, 2.24) is 0 Å². The molecule has 0 radical (unpaired) electrons. The van der Waals surface area contributed by atoms with Crippen LogP contribution in [0, 0.1) is 18.6 Å². The lowest BCUT2D eigenvalue weighted by atomic mass is 10.1. The minimum absolute atomic E-state index is 0.269. The first-order valence-corrected chi connectivity index (χ1v) is 3.22. The fourth-order valence-electron chi connectivity index (χ4n) is 0.827. The molecule has 4 heteroatoms. The molecule has 1 N–H and O–H groups in total. The Kier molecular flexibility index (Phi) is 2.08. The van der Waals surface area contributed by atoms with Gasteiger partial charge in [0.1, 0.15) is 11.6 Å². The molecule has 0 heterocycles. The van der Waals surface area contributed by atoms with Gasteiger partial charge in [0.2, 0.25) is 0 Å². The number of aromatic carboxylic acids is 1. The molecule has 0 fully saturated rings. The van der Waals surface area contributed by atoms with E-state index in [1.54, 1.807) is 0 Å². The summed E-state index contributed by atoms with van der Waals surface area (Å²) >= 11 is 0. The van der Waals surface area contributed by atoms with Gasteiger partial charge >= 0.3 is 5.97 Å². The standard InChI is InChI=1S/C8H6F2O2/c1-4-6(9)3-2-5(7(4)10)8(11)12/h2-3H,1H3,(H,11,12). The van der Waals surface area contributed by atoms with Crippen molar-refractivity contribution in [2.45, 2.75) is 6.92 Å². The van der Waals surface area contributed by atoms with Crippen LogP contribution in [0.1, 0.15) is 15.9 Å². The highest BCUT2D eigenvalue weighted by Gasteiger charge is 2.14. The van der Waals surface area contributed by atoms with Crippen molar-refractivity contribution in [2.75, 3.05) is 0 Å². The van der Waals surface area contributed by atoms with Gasteiger partial charge in [-0.2, -0.15) is 0 Å². The number of benzene rings is 1. The summed E-state index contributed by atoms with van der Waals surface area (Å²) in [4.78, 5) is 10.3. The Morgan fingerprint density at radius 1 is 1.42 bits per heavy atom. The van der Waals surface area contributed by atoms with E-state index in [-0.39, 0.29) is 5.56 Å². The molecule has 12 heavy (non-hydrogen) atoms. The van der Waals surface area contributed by atoms with Crippen molar-refractivity contribution in [3.05, 3.63) is 34.9 Å². The molecule has 0 amide bonds. The Bertz CT molecular complexity index is 334. The van der Waals surface area contributed by atoms with E-state index in [1.165, 1.54) is 6.92 Å². The second kappa shape index (κ2) is 2.89. The van der Waals surface area contributed by atoms with E-state index in [2.05, 4.69) is 0 Å². The van der Waals surface area contributed by atoms with Gasteiger partial charge in [-0.1, -0.05) is 0 Å². The molecule has 0 saturated heterocycles. The van der Waals surface area contributed by atoms with Crippen LogP contribution in [0.15, 0.2) is 12.1 Å². The summed E-state index contributed by atoms with van der Waals surface area (Å²) in [5.41, 5.74) is -0.774. The minimum atomic E-state index is -1.39. The lowest BCUT2D eigenvalue weighted by Crippen LogP contribution is -2.03. The Balaban J connectivity index is 3.36. The predicted octanol–water partition coefficient (Wildman–Crippen LogP) is 1.97. The number of halogens is 2. The molecule has 0 atom stereocenters. The van der Waals surface area contributed by atoms with Crippen LogP contribution >= 0.6 is 0 Å². The third kappa shape index (κ3) is 1.28. The van der Waals surface area contributed by atoms with Crippen LogP contribution in [-0.2, 0) is 0 Å². The molecule has 0 aliphatic rings. The average molecular weight is 172 g/mol. The van der Waals surface area contributed by atoms with E-state index in [0.717, 1.165) is 12.1 Å². The number of hydrogen-bond donors (Lipinski definition) is 1. The van der Waals surface area contributed by atoms with Gasteiger partial charge in [-0.15, -0.1) is 0 Å². The molecule has 2 nitrogen and oxygen atoms in total. The van der Waals surface area contributed by atoms with E-state index in [1.807, 2.05) is 0 Å². The lowest BCUT2D eigenvalue weighted by Gasteiger charge is -2.00. The Morgan fingerprint density at radius 3 is 2.50 bits per heavy atom. The van der Waals surface area contributed by atoms with Crippen molar-refractivity contribution in [3.63, 3.8) is 0 Å². The van der Waals surface area contributed by atoms with Crippen LogP contribution in [0.5, 0.6) is 0 Å². The van der Waals surface area contributed by atoms with Gasteiger partial charge in [-0.3, -0.25) is 0 Å². The van der Waals surface area contributed by atoms with E-state index in [9.17, 15) is 13.6 Å². The highest BCUT2D eigenvalue weighted by molar-refractivity contribution is 5.88. The van der Waals surface area contributed by atoms with Crippen LogP contribution in [-0.4, -0.2) is 11.1 Å². The maximum atomic E-state index is 12.9. The molecule has 1 aromatic rings. The van der Waals surface area contributed by atoms with Crippen LogP contribution < -0.4 is 0 Å². The van der Waals surface area contributed by atoms with Crippen LogP contribution in [0.25, 0.3) is 0 Å². The number of carbonyl (C=O) groups is 1. The van der Waals surface area contributed by atoms with Crippen LogP contribution in [0.3, 0.4) is 0 Å². The molecule has 0 saturated carbocycles. The zero-order valence-corrected chi connectivity index (χ0v) is 6.27. The highest BCUT2D eigenvalue weighted by Crippen LogP contribution is 2.15. The minimum Gasteiger partial charge on any atom is -0.478 e. The maximum absolute atomic E-state index is 12.9.